The lowest BCUT2D eigenvalue weighted by molar-refractivity contribution is -0.139. The molecule has 0 aliphatic carbocycles. The van der Waals surface area contributed by atoms with Gasteiger partial charge in [-0.1, -0.05) is 6.92 Å². The maximum absolute atomic E-state index is 11.1. The number of carboxylic acids is 1. The van der Waals surface area contributed by atoms with Crippen LogP contribution in [0.1, 0.15) is 37.0 Å². The van der Waals surface area contributed by atoms with E-state index in [-0.39, 0.29) is 6.04 Å². The highest BCUT2D eigenvalue weighted by Crippen LogP contribution is 2.19. The molecule has 0 spiro atoms. The molecule has 1 aromatic rings. The van der Waals surface area contributed by atoms with Crippen molar-refractivity contribution in [1.29, 1.82) is 0 Å². The van der Waals surface area contributed by atoms with Crippen LogP contribution in [0.2, 0.25) is 0 Å². The van der Waals surface area contributed by atoms with Gasteiger partial charge < -0.3 is 5.11 Å². The highest BCUT2D eigenvalue weighted by molar-refractivity contribution is 7.09. The van der Waals surface area contributed by atoms with E-state index < -0.39 is 12.0 Å². The van der Waals surface area contributed by atoms with Gasteiger partial charge in [0.05, 0.1) is 0 Å². The summed E-state index contributed by atoms with van der Waals surface area (Å²) < 4.78 is 0. The van der Waals surface area contributed by atoms with Gasteiger partial charge in [-0.05, 0) is 20.3 Å². The number of nitrogens with one attached hydrogen (secondary N) is 1. The number of carboxylic acid groups (broad SMARTS) is 1. The first-order valence-corrected chi connectivity index (χ1v) is 5.83. The minimum Gasteiger partial charge on any atom is -0.480 e. The molecule has 0 radical (unpaired) electrons. The number of nitrogens with zero attached hydrogens (tertiary/aromatic N) is 1. The van der Waals surface area contributed by atoms with Gasteiger partial charge in [-0.25, -0.2) is 4.98 Å². The number of carbonyl (C=O) groups is 1. The van der Waals surface area contributed by atoms with E-state index in [1.54, 1.807) is 0 Å². The fraction of sp³-hybridized carbons (Fsp3) is 0.600. The molecule has 0 saturated heterocycles. The molecule has 0 aromatic carbocycles. The van der Waals surface area contributed by atoms with Crippen LogP contribution in [0.3, 0.4) is 0 Å². The quantitative estimate of drug-likeness (QED) is 0.808. The molecule has 1 heterocycles. The molecule has 0 amide bonds. The zero-order valence-electron chi connectivity index (χ0n) is 9.15. The van der Waals surface area contributed by atoms with E-state index in [2.05, 4.69) is 10.3 Å². The second-order valence-electron chi connectivity index (χ2n) is 3.57. The molecule has 0 fully saturated rings. The van der Waals surface area contributed by atoms with Gasteiger partial charge >= 0.3 is 5.97 Å². The fourth-order valence-electron chi connectivity index (χ4n) is 1.16. The molecule has 5 heteroatoms. The zero-order chi connectivity index (χ0) is 11.4. The van der Waals surface area contributed by atoms with Gasteiger partial charge in [-0.15, -0.1) is 11.3 Å². The molecule has 2 N–H and O–H groups in total. The maximum atomic E-state index is 11.1. The van der Waals surface area contributed by atoms with E-state index >= 15 is 0 Å². The Kier molecular flexibility index (Phi) is 4.23. The van der Waals surface area contributed by atoms with Gasteiger partial charge in [-0.3, -0.25) is 10.1 Å². The first-order valence-electron chi connectivity index (χ1n) is 4.95. The number of rotatable bonds is 5. The Morgan fingerprint density at radius 2 is 2.40 bits per heavy atom. The van der Waals surface area contributed by atoms with Gasteiger partial charge in [0.2, 0.25) is 0 Å². The Hall–Kier alpha value is -0.940. The fourth-order valence-corrected chi connectivity index (χ4v) is 2.00. The normalized spacial score (nSPS) is 14.9. The molecule has 1 rings (SSSR count). The largest absolute Gasteiger partial charge is 0.480 e. The van der Waals surface area contributed by atoms with E-state index in [1.165, 1.54) is 11.3 Å². The summed E-state index contributed by atoms with van der Waals surface area (Å²) in [5.74, 6) is -0.871. The van der Waals surface area contributed by atoms with E-state index in [1.807, 2.05) is 26.2 Å². The third-order valence-corrected chi connectivity index (χ3v) is 3.22. The number of aromatic nitrogens is 1. The number of aryl methyl sites for hydroxylation is 1. The lowest BCUT2D eigenvalue weighted by atomic mass is 10.2. The third kappa shape index (κ3) is 3.28. The summed E-state index contributed by atoms with van der Waals surface area (Å²) in [6.45, 7) is 5.85. The minimum absolute atomic E-state index is 0.176. The molecule has 2 unspecified atom stereocenters. The first kappa shape index (κ1) is 12.1. The van der Waals surface area contributed by atoms with Crippen molar-refractivity contribution in [3.05, 3.63) is 16.1 Å². The van der Waals surface area contributed by atoms with Crippen LogP contribution in [0.15, 0.2) is 5.38 Å². The van der Waals surface area contributed by atoms with E-state index in [9.17, 15) is 4.79 Å². The first-order chi connectivity index (χ1) is 7.04. The van der Waals surface area contributed by atoms with Crippen LogP contribution in [-0.4, -0.2) is 22.1 Å². The average molecular weight is 228 g/mol. The van der Waals surface area contributed by atoms with Crippen molar-refractivity contribution in [3.8, 4) is 0 Å². The number of thiazole rings is 1. The molecular formula is C10H16N2O2S. The highest BCUT2D eigenvalue weighted by atomic mass is 32.1. The topological polar surface area (TPSA) is 62.2 Å². The summed E-state index contributed by atoms with van der Waals surface area (Å²) in [7, 11) is 0. The lowest BCUT2D eigenvalue weighted by Gasteiger charge is -2.16. The molecule has 1 aromatic heterocycles. The highest BCUT2D eigenvalue weighted by Gasteiger charge is 2.23. The smallest absolute Gasteiger partial charge is 0.327 e. The molecule has 0 aliphatic heterocycles. The summed E-state index contributed by atoms with van der Waals surface area (Å²) in [6, 6.07) is -0.506. The van der Waals surface area contributed by atoms with Crippen molar-refractivity contribution < 1.29 is 9.90 Å². The van der Waals surface area contributed by atoms with Crippen LogP contribution in [0.25, 0.3) is 0 Å². The van der Waals surface area contributed by atoms with Crippen molar-refractivity contribution >= 4 is 17.3 Å². The van der Waals surface area contributed by atoms with Crippen LogP contribution >= 0.6 is 11.3 Å². The van der Waals surface area contributed by atoms with Crippen molar-refractivity contribution in [1.82, 2.24) is 10.3 Å². The minimum atomic E-state index is -0.871. The Bertz CT molecular complexity index is 338. The second kappa shape index (κ2) is 5.23. The van der Waals surface area contributed by atoms with Gasteiger partial charge in [-0.2, -0.15) is 0 Å². The summed E-state index contributed by atoms with van der Waals surface area (Å²) in [6.07, 6.45) is 0.897. The number of aliphatic carboxylic acids is 1. The molecule has 2 atom stereocenters. The third-order valence-electron chi connectivity index (χ3n) is 2.19. The second-order valence-corrected chi connectivity index (χ2v) is 4.46. The molecule has 4 nitrogen and oxygen atoms in total. The molecular weight excluding hydrogens is 212 g/mol. The maximum Gasteiger partial charge on any atom is 0.327 e. The Labute approximate surface area is 93.4 Å². The molecule has 0 bridgehead atoms. The van der Waals surface area contributed by atoms with Crippen molar-refractivity contribution in [2.45, 2.75) is 39.3 Å². The Balaban J connectivity index is 2.79. The summed E-state index contributed by atoms with van der Waals surface area (Å²) in [5.41, 5.74) is 0.868. The zero-order valence-corrected chi connectivity index (χ0v) is 9.97. The van der Waals surface area contributed by atoms with Crippen molar-refractivity contribution in [3.63, 3.8) is 0 Å². The summed E-state index contributed by atoms with van der Waals surface area (Å²) in [5, 5.41) is 14.6. The van der Waals surface area contributed by atoms with Gasteiger partial charge in [0.1, 0.15) is 5.01 Å². The molecule has 0 aliphatic rings. The monoisotopic (exact) mass is 228 g/mol. The van der Waals surface area contributed by atoms with E-state index in [0.29, 0.717) is 5.01 Å². The standard InChI is InChI=1S/C10H16N2O2S/c1-4-6(2)11-8(10(13)14)9-12-7(3)5-15-9/h5-6,8,11H,4H2,1-3H3,(H,13,14). The van der Waals surface area contributed by atoms with Crippen LogP contribution < -0.4 is 5.32 Å². The predicted octanol–water partition coefficient (Wildman–Crippen LogP) is 1.97. The molecule has 15 heavy (non-hydrogen) atoms. The van der Waals surface area contributed by atoms with Crippen LogP contribution in [0, 0.1) is 6.92 Å². The van der Waals surface area contributed by atoms with Crippen LogP contribution in [0.4, 0.5) is 0 Å². The van der Waals surface area contributed by atoms with Crippen LogP contribution in [0.5, 0.6) is 0 Å². The number of hydrogen-bond acceptors (Lipinski definition) is 4. The SMILES string of the molecule is CCC(C)NC(C(=O)O)c1nc(C)cs1. The lowest BCUT2D eigenvalue weighted by Crippen LogP contribution is -2.34. The van der Waals surface area contributed by atoms with Crippen molar-refractivity contribution in [2.24, 2.45) is 0 Å². The van der Waals surface area contributed by atoms with Gasteiger partial charge in [0, 0.05) is 17.1 Å². The Morgan fingerprint density at radius 1 is 1.73 bits per heavy atom. The molecule has 0 saturated carbocycles. The van der Waals surface area contributed by atoms with Gasteiger partial charge in [0.15, 0.2) is 6.04 Å². The van der Waals surface area contributed by atoms with E-state index in [4.69, 9.17) is 5.11 Å². The van der Waals surface area contributed by atoms with E-state index in [0.717, 1.165) is 12.1 Å². The van der Waals surface area contributed by atoms with Crippen molar-refractivity contribution in [2.75, 3.05) is 0 Å². The van der Waals surface area contributed by atoms with Crippen LogP contribution in [-0.2, 0) is 4.79 Å². The summed E-state index contributed by atoms with van der Waals surface area (Å²) in [4.78, 5) is 15.3. The predicted molar refractivity (Wildman–Crippen MR) is 60.1 cm³/mol. The molecule has 84 valence electrons. The average Bonchev–Trinajstić information content (AvgIpc) is 2.60. The number of hydrogen-bond donors (Lipinski definition) is 2. The Morgan fingerprint density at radius 3 is 2.80 bits per heavy atom. The summed E-state index contributed by atoms with van der Waals surface area (Å²) >= 11 is 1.38. The van der Waals surface area contributed by atoms with Gasteiger partial charge in [0.25, 0.3) is 0 Å².